The molecule has 5 heteroatoms. The number of aromatic nitrogens is 1. The number of hydrogen-bond acceptors (Lipinski definition) is 2. The van der Waals surface area contributed by atoms with Crippen LogP contribution in [0.25, 0.3) is 10.9 Å². The predicted molar refractivity (Wildman–Crippen MR) is 102 cm³/mol. The van der Waals surface area contributed by atoms with E-state index in [1.165, 1.54) is 25.7 Å². The van der Waals surface area contributed by atoms with Crippen LogP contribution in [0.5, 0.6) is 0 Å². The van der Waals surface area contributed by atoms with E-state index >= 15 is 0 Å². The number of aryl methyl sites for hydroxylation is 1. The summed E-state index contributed by atoms with van der Waals surface area (Å²) in [7, 11) is 1.93. The molecule has 0 unspecified atom stereocenters. The minimum absolute atomic E-state index is 0.0121. The lowest BCUT2D eigenvalue weighted by Gasteiger charge is -2.50. The first-order valence-electron chi connectivity index (χ1n) is 9.81. The van der Waals surface area contributed by atoms with Gasteiger partial charge in [0.1, 0.15) is 5.69 Å². The van der Waals surface area contributed by atoms with E-state index in [1.807, 2.05) is 35.9 Å². The Kier molecular flexibility index (Phi) is 4.02. The number of halogens is 1. The smallest absolute Gasteiger partial charge is 0.268 e. The van der Waals surface area contributed by atoms with Crippen LogP contribution in [-0.4, -0.2) is 29.2 Å². The molecule has 1 aliphatic heterocycles. The second kappa shape index (κ2) is 6.28. The highest BCUT2D eigenvalue weighted by Crippen LogP contribution is 2.51. The number of rotatable bonds is 3. The van der Waals surface area contributed by atoms with Gasteiger partial charge in [-0.05, 0) is 30.5 Å². The van der Waals surface area contributed by atoms with E-state index in [0.29, 0.717) is 34.6 Å². The number of benzene rings is 1. The Labute approximate surface area is 158 Å². The van der Waals surface area contributed by atoms with Crippen molar-refractivity contribution in [3.8, 4) is 0 Å². The molecule has 1 aromatic heterocycles. The number of fused-ring (bicyclic) bond motifs is 2. The highest BCUT2D eigenvalue weighted by molar-refractivity contribution is 6.35. The maximum Gasteiger partial charge on any atom is 0.268 e. The highest BCUT2D eigenvalue weighted by Gasteiger charge is 2.57. The first-order chi connectivity index (χ1) is 12.6. The number of nitrogens with one attached hydrogen (secondary N) is 1. The first kappa shape index (κ1) is 16.6. The second-order valence-electron chi connectivity index (χ2n) is 8.17. The first-order valence-corrected chi connectivity index (χ1v) is 10.2. The lowest BCUT2D eigenvalue weighted by molar-refractivity contribution is -0.0785. The van der Waals surface area contributed by atoms with Crippen molar-refractivity contribution in [1.29, 1.82) is 0 Å². The van der Waals surface area contributed by atoms with E-state index < -0.39 is 0 Å². The molecule has 0 bridgehead atoms. The molecule has 138 valence electrons. The van der Waals surface area contributed by atoms with E-state index in [1.54, 1.807) is 0 Å². The maximum absolute atomic E-state index is 13.1. The van der Waals surface area contributed by atoms with Crippen molar-refractivity contribution >= 4 is 28.4 Å². The fourth-order valence-corrected chi connectivity index (χ4v) is 5.85. The average molecular weight is 373 g/mol. The van der Waals surface area contributed by atoms with Gasteiger partial charge >= 0.3 is 0 Å². The van der Waals surface area contributed by atoms with Gasteiger partial charge in [0.2, 0.25) is 0 Å². The molecule has 4 atom stereocenters. The van der Waals surface area contributed by atoms with E-state index in [0.717, 1.165) is 23.9 Å². The Morgan fingerprint density at radius 3 is 2.85 bits per heavy atom. The number of hydrogen-bond donors (Lipinski definition) is 1. The molecule has 0 spiro atoms. The molecule has 5 rings (SSSR count). The fourth-order valence-electron chi connectivity index (χ4n) is 5.63. The summed E-state index contributed by atoms with van der Waals surface area (Å²) in [4.78, 5) is 13.1. The van der Waals surface area contributed by atoms with Crippen molar-refractivity contribution in [1.82, 2.24) is 9.88 Å². The van der Waals surface area contributed by atoms with Crippen molar-refractivity contribution in [2.24, 2.45) is 24.8 Å². The molecular formula is C21H25ClN2O2. The Morgan fingerprint density at radius 2 is 2.08 bits per heavy atom. The van der Waals surface area contributed by atoms with Crippen molar-refractivity contribution in [2.75, 3.05) is 6.61 Å². The topological polar surface area (TPSA) is 43.3 Å². The summed E-state index contributed by atoms with van der Waals surface area (Å²) in [5, 5.41) is 4.99. The third kappa shape index (κ3) is 2.42. The average Bonchev–Trinajstić information content (AvgIpc) is 3.34. The molecule has 4 nitrogen and oxygen atoms in total. The molecule has 3 fully saturated rings. The van der Waals surface area contributed by atoms with Crippen molar-refractivity contribution in [3.05, 3.63) is 35.0 Å². The zero-order chi connectivity index (χ0) is 17.8. The van der Waals surface area contributed by atoms with Gasteiger partial charge < -0.3 is 14.6 Å². The molecule has 1 N–H and O–H groups in total. The van der Waals surface area contributed by atoms with Crippen LogP contribution in [0.4, 0.5) is 0 Å². The van der Waals surface area contributed by atoms with Gasteiger partial charge in [-0.2, -0.15) is 0 Å². The second-order valence-corrected chi connectivity index (χ2v) is 8.58. The van der Waals surface area contributed by atoms with Gasteiger partial charge in [-0.1, -0.05) is 43.4 Å². The Hall–Kier alpha value is -1.52. The molecule has 2 saturated carbocycles. The summed E-state index contributed by atoms with van der Waals surface area (Å²) < 4.78 is 7.95. The zero-order valence-corrected chi connectivity index (χ0v) is 15.8. The van der Waals surface area contributed by atoms with Gasteiger partial charge in [0.05, 0.1) is 6.10 Å². The van der Waals surface area contributed by atoms with E-state index in [-0.39, 0.29) is 11.9 Å². The summed E-state index contributed by atoms with van der Waals surface area (Å²) in [6.45, 7) is 0.842. The number of ether oxygens (including phenoxy) is 1. The summed E-state index contributed by atoms with van der Waals surface area (Å²) >= 11 is 6.31. The van der Waals surface area contributed by atoms with Crippen LogP contribution in [0.1, 0.15) is 42.6 Å². The standard InChI is InChI=1S/C21H25ClN2O2/c1-24-16-8-4-7-15(22)14(16)11-17(24)21(25)23-19-13-9-10-26-20(13)18(19)12-5-2-3-6-12/h4,7-8,11-13,18-20H,2-3,5-6,9-10H2,1H3,(H,23,25)/t13-,18+,19+,20-/m1/s1. The fraction of sp³-hybridized carbons (Fsp3) is 0.571. The van der Waals surface area contributed by atoms with Crippen LogP contribution in [-0.2, 0) is 11.8 Å². The molecule has 2 aromatic rings. The molecular weight excluding hydrogens is 348 g/mol. The largest absolute Gasteiger partial charge is 0.377 e. The van der Waals surface area contributed by atoms with Gasteiger partial charge in [0.25, 0.3) is 5.91 Å². The van der Waals surface area contributed by atoms with Crippen LogP contribution in [0.15, 0.2) is 24.3 Å². The molecule has 0 radical (unpaired) electrons. The predicted octanol–water partition coefficient (Wildman–Crippen LogP) is 4.16. The van der Waals surface area contributed by atoms with Gasteiger partial charge in [-0.3, -0.25) is 4.79 Å². The quantitative estimate of drug-likeness (QED) is 0.879. The van der Waals surface area contributed by atoms with Crippen molar-refractivity contribution in [2.45, 2.75) is 44.2 Å². The van der Waals surface area contributed by atoms with Crippen molar-refractivity contribution < 1.29 is 9.53 Å². The van der Waals surface area contributed by atoms with Gasteiger partial charge in [0.15, 0.2) is 0 Å². The summed E-state index contributed by atoms with van der Waals surface area (Å²) in [6, 6.07) is 7.97. The maximum atomic E-state index is 13.1. The minimum Gasteiger partial charge on any atom is -0.377 e. The Balaban J connectivity index is 1.41. The lowest BCUT2D eigenvalue weighted by Crippen LogP contribution is -2.63. The van der Waals surface area contributed by atoms with Gasteiger partial charge in [0, 0.05) is 47.5 Å². The number of amides is 1. The molecule has 3 aliphatic rings. The zero-order valence-electron chi connectivity index (χ0n) is 15.1. The summed E-state index contributed by atoms with van der Waals surface area (Å²) in [5.74, 6) is 1.70. The van der Waals surface area contributed by atoms with Gasteiger partial charge in [-0.25, -0.2) is 0 Å². The number of nitrogens with zero attached hydrogens (tertiary/aromatic N) is 1. The summed E-state index contributed by atoms with van der Waals surface area (Å²) in [5.41, 5.74) is 1.67. The van der Waals surface area contributed by atoms with Crippen LogP contribution in [0, 0.1) is 17.8 Å². The molecule has 2 heterocycles. The van der Waals surface area contributed by atoms with Crippen LogP contribution < -0.4 is 5.32 Å². The van der Waals surface area contributed by atoms with Gasteiger partial charge in [-0.15, -0.1) is 0 Å². The van der Waals surface area contributed by atoms with Crippen molar-refractivity contribution in [3.63, 3.8) is 0 Å². The van der Waals surface area contributed by atoms with Crippen LogP contribution in [0.3, 0.4) is 0 Å². The Morgan fingerprint density at radius 1 is 1.27 bits per heavy atom. The lowest BCUT2D eigenvalue weighted by atomic mass is 9.61. The third-order valence-corrected chi connectivity index (χ3v) is 7.28. The monoisotopic (exact) mass is 372 g/mol. The van der Waals surface area contributed by atoms with Crippen LogP contribution in [0.2, 0.25) is 5.02 Å². The minimum atomic E-state index is 0.0121. The molecule has 1 aromatic carbocycles. The molecule has 1 amide bonds. The number of carbonyl (C=O) groups excluding carboxylic acids is 1. The SMILES string of the molecule is Cn1c(C(=O)N[C@H]2[C@H]3CCO[C@H]3[C@H]2C2CCCC2)cc2c(Cl)cccc21. The number of carbonyl (C=O) groups is 1. The van der Waals surface area contributed by atoms with E-state index in [9.17, 15) is 4.79 Å². The highest BCUT2D eigenvalue weighted by atomic mass is 35.5. The van der Waals surface area contributed by atoms with E-state index in [4.69, 9.17) is 16.3 Å². The Bertz CT molecular complexity index is 850. The molecule has 2 aliphatic carbocycles. The molecule has 1 saturated heterocycles. The molecule has 26 heavy (non-hydrogen) atoms. The van der Waals surface area contributed by atoms with Crippen LogP contribution >= 0.6 is 11.6 Å². The van der Waals surface area contributed by atoms with E-state index in [2.05, 4.69) is 5.32 Å². The third-order valence-electron chi connectivity index (χ3n) is 6.95. The normalized spacial score (nSPS) is 31.2. The summed E-state index contributed by atoms with van der Waals surface area (Å²) in [6.07, 6.45) is 6.65.